The smallest absolute Gasteiger partial charge is 0.251 e. The molecule has 6 heteroatoms. The molecule has 2 saturated heterocycles. The van der Waals surface area contributed by atoms with E-state index in [2.05, 4.69) is 37.8 Å². The van der Waals surface area contributed by atoms with Crippen LogP contribution in [0.15, 0.2) is 42.5 Å². The molecule has 3 aromatic rings. The average Bonchev–Trinajstić information content (AvgIpc) is 3.27. The first-order valence-corrected chi connectivity index (χ1v) is 11.8. The molecule has 0 aliphatic carbocycles. The number of likely N-dealkylation sites (tertiary alicyclic amines) is 1. The van der Waals surface area contributed by atoms with Gasteiger partial charge < -0.3 is 0 Å². The summed E-state index contributed by atoms with van der Waals surface area (Å²) < 4.78 is 1.16. The molecule has 3 atom stereocenters. The second-order valence-electron chi connectivity index (χ2n) is 9.22. The number of hydrogen-bond donors (Lipinski definition) is 0. The Hall–Kier alpha value is -2.57. The highest BCUT2D eigenvalue weighted by atomic mass is 32.1. The van der Waals surface area contributed by atoms with Crippen molar-refractivity contribution in [3.05, 3.63) is 48.0 Å². The number of hydrogen-bond acceptors (Lipinski definition) is 5. The zero-order valence-electron chi connectivity index (χ0n) is 18.2. The molecular formula is C25H27N3O2S. The molecule has 2 amide bonds. The van der Waals surface area contributed by atoms with Crippen molar-refractivity contribution in [3.8, 4) is 10.6 Å². The molecule has 0 saturated carbocycles. The largest absolute Gasteiger partial charge is 0.291 e. The number of fused-ring (bicyclic) bond motifs is 1. The van der Waals surface area contributed by atoms with E-state index in [1.807, 2.05) is 30.3 Å². The summed E-state index contributed by atoms with van der Waals surface area (Å²) in [4.78, 5) is 34.3. The summed E-state index contributed by atoms with van der Waals surface area (Å²) in [6.07, 6.45) is 1.46. The van der Waals surface area contributed by atoms with Crippen molar-refractivity contribution in [1.82, 2.24) is 9.88 Å². The maximum atomic E-state index is 13.2. The minimum Gasteiger partial charge on any atom is -0.291 e. The van der Waals surface area contributed by atoms with Gasteiger partial charge in [0.25, 0.3) is 5.91 Å². The van der Waals surface area contributed by atoms with Gasteiger partial charge in [-0.25, -0.2) is 9.88 Å². The second kappa shape index (κ2) is 7.84. The number of anilines is 1. The van der Waals surface area contributed by atoms with Gasteiger partial charge in [0.2, 0.25) is 5.91 Å². The summed E-state index contributed by atoms with van der Waals surface area (Å²) in [7, 11) is 0. The lowest BCUT2D eigenvalue weighted by molar-refractivity contribution is -0.123. The van der Waals surface area contributed by atoms with Crippen LogP contribution in [0.4, 0.5) is 5.69 Å². The summed E-state index contributed by atoms with van der Waals surface area (Å²) in [5, 5.41) is 0.945. The van der Waals surface area contributed by atoms with Crippen LogP contribution in [-0.2, 0) is 9.59 Å². The van der Waals surface area contributed by atoms with E-state index in [-0.39, 0.29) is 24.3 Å². The fraction of sp³-hybridized carbons (Fsp3) is 0.400. The first kappa shape index (κ1) is 20.3. The standard InChI is InChI=1S/C25H27N3O2S/c1-15-4-9-20-22(11-15)31-24(26-20)18-5-7-19(8-6-18)28-23(29)12-21(25(28)30)27-13-16(2)10-17(3)14-27/h4-9,11,16-17,21H,10,12-14H2,1-3H3/t16-,17+,21-/m0/s1. The lowest BCUT2D eigenvalue weighted by Gasteiger charge is -2.37. The van der Waals surface area contributed by atoms with Crippen LogP contribution < -0.4 is 4.90 Å². The van der Waals surface area contributed by atoms with Gasteiger partial charge in [-0.1, -0.05) is 19.9 Å². The van der Waals surface area contributed by atoms with Gasteiger partial charge in [0.05, 0.1) is 28.4 Å². The van der Waals surface area contributed by atoms with Gasteiger partial charge in [-0.05, 0) is 67.1 Å². The van der Waals surface area contributed by atoms with Crippen LogP contribution in [0.1, 0.15) is 32.3 Å². The Labute approximate surface area is 186 Å². The predicted octanol–water partition coefficient (Wildman–Crippen LogP) is 4.88. The van der Waals surface area contributed by atoms with Crippen LogP contribution in [0, 0.1) is 18.8 Å². The first-order valence-electron chi connectivity index (χ1n) is 11.0. The van der Waals surface area contributed by atoms with Crippen molar-refractivity contribution in [2.45, 2.75) is 39.7 Å². The maximum Gasteiger partial charge on any atom is 0.251 e. The van der Waals surface area contributed by atoms with E-state index in [9.17, 15) is 9.59 Å². The third-order valence-electron chi connectivity index (χ3n) is 6.38. The summed E-state index contributed by atoms with van der Waals surface area (Å²) in [6, 6.07) is 13.6. The Balaban J connectivity index is 1.37. The number of thiazole rings is 1. The quantitative estimate of drug-likeness (QED) is 0.553. The number of piperidine rings is 1. The number of amides is 2. The highest BCUT2D eigenvalue weighted by Crippen LogP contribution is 2.34. The van der Waals surface area contributed by atoms with E-state index >= 15 is 0 Å². The third kappa shape index (κ3) is 3.79. The Morgan fingerprint density at radius 1 is 1.00 bits per heavy atom. The van der Waals surface area contributed by atoms with Gasteiger partial charge in [-0.3, -0.25) is 14.5 Å². The average molecular weight is 434 g/mol. The molecule has 0 unspecified atom stereocenters. The monoisotopic (exact) mass is 433 g/mol. The van der Waals surface area contributed by atoms with Crippen LogP contribution in [-0.4, -0.2) is 40.8 Å². The Bertz CT molecular complexity index is 1140. The van der Waals surface area contributed by atoms with Gasteiger partial charge in [0.15, 0.2) is 0 Å². The summed E-state index contributed by atoms with van der Waals surface area (Å²) in [6.45, 7) is 8.31. The molecule has 160 valence electrons. The van der Waals surface area contributed by atoms with Crippen molar-refractivity contribution in [1.29, 1.82) is 0 Å². The van der Waals surface area contributed by atoms with E-state index in [0.29, 0.717) is 17.5 Å². The third-order valence-corrected chi connectivity index (χ3v) is 7.44. The van der Waals surface area contributed by atoms with Crippen molar-refractivity contribution in [3.63, 3.8) is 0 Å². The van der Waals surface area contributed by atoms with Crippen molar-refractivity contribution in [2.24, 2.45) is 11.8 Å². The molecule has 2 fully saturated rings. The molecule has 31 heavy (non-hydrogen) atoms. The minimum absolute atomic E-state index is 0.0884. The lowest BCUT2D eigenvalue weighted by Crippen LogP contribution is -2.48. The van der Waals surface area contributed by atoms with E-state index in [1.165, 1.54) is 16.9 Å². The number of rotatable bonds is 3. The molecule has 0 N–H and O–H groups in total. The lowest BCUT2D eigenvalue weighted by atomic mass is 9.90. The zero-order chi connectivity index (χ0) is 21.7. The van der Waals surface area contributed by atoms with Crippen LogP contribution >= 0.6 is 11.3 Å². The Kier molecular flexibility index (Phi) is 5.15. The van der Waals surface area contributed by atoms with Gasteiger partial charge in [-0.15, -0.1) is 11.3 Å². The van der Waals surface area contributed by atoms with Crippen LogP contribution in [0.2, 0.25) is 0 Å². The molecule has 5 nitrogen and oxygen atoms in total. The number of benzene rings is 2. The summed E-state index contributed by atoms with van der Waals surface area (Å²) >= 11 is 1.66. The molecule has 2 aliphatic rings. The molecule has 3 heterocycles. The van der Waals surface area contributed by atoms with Crippen molar-refractivity contribution in [2.75, 3.05) is 18.0 Å². The molecule has 0 spiro atoms. The predicted molar refractivity (Wildman–Crippen MR) is 125 cm³/mol. The first-order chi connectivity index (χ1) is 14.9. The fourth-order valence-corrected chi connectivity index (χ4v) is 6.12. The van der Waals surface area contributed by atoms with Crippen LogP contribution in [0.3, 0.4) is 0 Å². The van der Waals surface area contributed by atoms with Gasteiger partial charge in [-0.2, -0.15) is 0 Å². The molecule has 1 aromatic heterocycles. The van der Waals surface area contributed by atoms with Crippen LogP contribution in [0.25, 0.3) is 20.8 Å². The SMILES string of the molecule is Cc1ccc2nc(-c3ccc(N4C(=O)C[C@H](N5C[C@H](C)C[C@H](C)C5)C4=O)cc3)sc2c1. The van der Waals surface area contributed by atoms with E-state index in [0.717, 1.165) is 33.9 Å². The van der Waals surface area contributed by atoms with E-state index < -0.39 is 0 Å². The van der Waals surface area contributed by atoms with E-state index in [1.54, 1.807) is 11.3 Å². The molecular weight excluding hydrogens is 406 g/mol. The van der Waals surface area contributed by atoms with Crippen molar-refractivity contribution < 1.29 is 9.59 Å². The highest BCUT2D eigenvalue weighted by Gasteiger charge is 2.44. The maximum absolute atomic E-state index is 13.2. The minimum atomic E-state index is -0.329. The van der Waals surface area contributed by atoms with Crippen molar-refractivity contribution >= 4 is 39.1 Å². The molecule has 5 rings (SSSR count). The Morgan fingerprint density at radius 3 is 2.42 bits per heavy atom. The number of aryl methyl sites for hydroxylation is 1. The molecule has 0 radical (unpaired) electrons. The number of carbonyl (C=O) groups excluding carboxylic acids is 2. The molecule has 2 aliphatic heterocycles. The second-order valence-corrected chi connectivity index (χ2v) is 10.3. The zero-order valence-corrected chi connectivity index (χ0v) is 19.0. The number of nitrogens with zero attached hydrogens (tertiary/aromatic N) is 3. The van der Waals surface area contributed by atoms with Gasteiger partial charge in [0.1, 0.15) is 5.01 Å². The van der Waals surface area contributed by atoms with Gasteiger partial charge >= 0.3 is 0 Å². The molecule has 2 aromatic carbocycles. The van der Waals surface area contributed by atoms with Crippen LogP contribution in [0.5, 0.6) is 0 Å². The van der Waals surface area contributed by atoms with E-state index in [4.69, 9.17) is 4.98 Å². The Morgan fingerprint density at radius 2 is 1.71 bits per heavy atom. The summed E-state index contributed by atoms with van der Waals surface area (Å²) in [5.74, 6) is 0.911. The molecule has 0 bridgehead atoms. The normalized spacial score (nSPS) is 25.0. The van der Waals surface area contributed by atoms with Gasteiger partial charge in [0, 0.05) is 18.7 Å². The summed E-state index contributed by atoms with van der Waals surface area (Å²) in [5.41, 5.74) is 3.86. The fourth-order valence-electron chi connectivity index (χ4n) is 5.05. The number of imide groups is 1. The number of carbonyl (C=O) groups is 2. The topological polar surface area (TPSA) is 53.5 Å². The number of aromatic nitrogens is 1. The highest BCUT2D eigenvalue weighted by molar-refractivity contribution is 7.21.